The van der Waals surface area contributed by atoms with E-state index in [0.29, 0.717) is 0 Å². The Morgan fingerprint density at radius 3 is 2.86 bits per heavy atom. The molecule has 1 aromatic heterocycles. The zero-order valence-electron chi connectivity index (χ0n) is 13.4. The summed E-state index contributed by atoms with van der Waals surface area (Å²) in [6.07, 6.45) is 7.63. The van der Waals surface area contributed by atoms with Crippen molar-refractivity contribution < 1.29 is 9.47 Å². The van der Waals surface area contributed by atoms with Gasteiger partial charge in [0.2, 0.25) is 0 Å². The fourth-order valence-electron chi connectivity index (χ4n) is 3.46. The lowest BCUT2D eigenvalue weighted by atomic mass is 9.78. The van der Waals surface area contributed by atoms with Gasteiger partial charge in [0.1, 0.15) is 5.82 Å². The predicted molar refractivity (Wildman–Crippen MR) is 85.0 cm³/mol. The van der Waals surface area contributed by atoms with E-state index in [4.69, 9.17) is 9.47 Å². The summed E-state index contributed by atoms with van der Waals surface area (Å²) in [7, 11) is 1.77. The standard InChI is InChI=1S/C16H26N4O2/c1-21-10-8-19-9-11-22-14-16(13-19)2-6-20(7-3-16)15-12-17-4-5-18-15/h4-5,12H,2-3,6-11,13-14H2,1H3. The summed E-state index contributed by atoms with van der Waals surface area (Å²) in [6.45, 7) is 7.69. The molecular formula is C16H26N4O2. The third-order valence-corrected chi connectivity index (χ3v) is 4.83. The van der Waals surface area contributed by atoms with Crippen molar-refractivity contribution in [1.82, 2.24) is 14.9 Å². The highest BCUT2D eigenvalue weighted by molar-refractivity contribution is 5.35. The zero-order valence-corrected chi connectivity index (χ0v) is 13.4. The van der Waals surface area contributed by atoms with E-state index in [1.165, 1.54) is 0 Å². The van der Waals surface area contributed by atoms with Crippen molar-refractivity contribution >= 4 is 5.82 Å². The molecule has 2 aliphatic rings. The summed E-state index contributed by atoms with van der Waals surface area (Å²) in [5, 5.41) is 0. The maximum Gasteiger partial charge on any atom is 0.147 e. The number of anilines is 1. The SMILES string of the molecule is COCCN1CCOCC2(CCN(c3cnccn3)CC2)C1. The van der Waals surface area contributed by atoms with Crippen molar-refractivity contribution in [2.24, 2.45) is 5.41 Å². The first kappa shape index (κ1) is 15.6. The van der Waals surface area contributed by atoms with Crippen molar-refractivity contribution in [2.75, 3.05) is 64.6 Å². The number of hydrogen-bond acceptors (Lipinski definition) is 6. The number of hydrogen-bond donors (Lipinski definition) is 0. The third kappa shape index (κ3) is 3.74. The van der Waals surface area contributed by atoms with Crippen LogP contribution in [0.15, 0.2) is 18.6 Å². The van der Waals surface area contributed by atoms with Gasteiger partial charge >= 0.3 is 0 Å². The molecule has 0 amide bonds. The van der Waals surface area contributed by atoms with Gasteiger partial charge in [-0.15, -0.1) is 0 Å². The Morgan fingerprint density at radius 1 is 1.27 bits per heavy atom. The van der Waals surface area contributed by atoms with Crippen LogP contribution in [0, 0.1) is 5.41 Å². The van der Waals surface area contributed by atoms with Crippen LogP contribution in [0.4, 0.5) is 5.82 Å². The highest BCUT2D eigenvalue weighted by Crippen LogP contribution is 2.35. The largest absolute Gasteiger partial charge is 0.383 e. The Balaban J connectivity index is 1.60. The Labute approximate surface area is 132 Å². The van der Waals surface area contributed by atoms with E-state index in [-0.39, 0.29) is 5.41 Å². The van der Waals surface area contributed by atoms with E-state index < -0.39 is 0 Å². The lowest BCUT2D eigenvalue weighted by molar-refractivity contribution is 0.0476. The van der Waals surface area contributed by atoms with Crippen LogP contribution >= 0.6 is 0 Å². The zero-order chi connectivity index (χ0) is 15.3. The van der Waals surface area contributed by atoms with Gasteiger partial charge in [-0.1, -0.05) is 0 Å². The lowest BCUT2D eigenvalue weighted by Gasteiger charge is -2.42. The minimum atomic E-state index is 0.281. The number of rotatable bonds is 4. The van der Waals surface area contributed by atoms with Crippen molar-refractivity contribution in [3.8, 4) is 0 Å². The molecule has 0 N–H and O–H groups in total. The van der Waals surface area contributed by atoms with Gasteiger partial charge in [-0.2, -0.15) is 0 Å². The summed E-state index contributed by atoms with van der Waals surface area (Å²) in [4.78, 5) is 13.4. The molecule has 3 heterocycles. The van der Waals surface area contributed by atoms with Crippen molar-refractivity contribution in [1.29, 1.82) is 0 Å². The molecule has 0 aromatic carbocycles. The first-order valence-electron chi connectivity index (χ1n) is 8.11. The number of aromatic nitrogens is 2. The predicted octanol–water partition coefficient (Wildman–Crippen LogP) is 1.04. The Hall–Kier alpha value is -1.24. The van der Waals surface area contributed by atoms with Gasteiger partial charge in [-0.05, 0) is 12.8 Å². The summed E-state index contributed by atoms with van der Waals surface area (Å²) >= 11 is 0. The number of piperidine rings is 1. The minimum absolute atomic E-state index is 0.281. The molecule has 2 aliphatic heterocycles. The summed E-state index contributed by atoms with van der Waals surface area (Å²) in [6, 6.07) is 0. The highest BCUT2D eigenvalue weighted by atomic mass is 16.5. The Kier molecular flexibility index (Phi) is 5.23. The normalized spacial score (nSPS) is 22.7. The van der Waals surface area contributed by atoms with Crippen LogP contribution in [0.3, 0.4) is 0 Å². The maximum atomic E-state index is 5.91. The van der Waals surface area contributed by atoms with E-state index in [9.17, 15) is 0 Å². The second-order valence-corrected chi connectivity index (χ2v) is 6.37. The van der Waals surface area contributed by atoms with E-state index in [1.807, 2.05) is 6.20 Å². The van der Waals surface area contributed by atoms with Crippen molar-refractivity contribution in [2.45, 2.75) is 12.8 Å². The monoisotopic (exact) mass is 306 g/mol. The van der Waals surface area contributed by atoms with E-state index in [0.717, 1.165) is 71.2 Å². The van der Waals surface area contributed by atoms with Crippen LogP contribution in [0.2, 0.25) is 0 Å². The molecule has 0 aliphatic carbocycles. The fourth-order valence-corrected chi connectivity index (χ4v) is 3.46. The van der Waals surface area contributed by atoms with Crippen molar-refractivity contribution in [3.63, 3.8) is 0 Å². The molecule has 0 saturated carbocycles. The second kappa shape index (κ2) is 7.35. The first-order valence-corrected chi connectivity index (χ1v) is 8.11. The highest BCUT2D eigenvalue weighted by Gasteiger charge is 2.38. The molecule has 0 atom stereocenters. The first-order chi connectivity index (χ1) is 10.8. The molecule has 0 radical (unpaired) electrons. The third-order valence-electron chi connectivity index (χ3n) is 4.83. The lowest BCUT2D eigenvalue weighted by Crippen LogP contribution is -2.48. The quantitative estimate of drug-likeness (QED) is 0.828. The number of methoxy groups -OCH3 is 1. The fraction of sp³-hybridized carbons (Fsp3) is 0.750. The van der Waals surface area contributed by atoms with Gasteiger partial charge in [-0.3, -0.25) is 9.88 Å². The second-order valence-electron chi connectivity index (χ2n) is 6.37. The van der Waals surface area contributed by atoms with Crippen LogP contribution < -0.4 is 4.90 Å². The minimum Gasteiger partial charge on any atom is -0.383 e. The maximum absolute atomic E-state index is 5.91. The van der Waals surface area contributed by atoms with E-state index in [1.54, 1.807) is 19.5 Å². The number of nitrogens with zero attached hydrogens (tertiary/aromatic N) is 4. The smallest absolute Gasteiger partial charge is 0.147 e. The van der Waals surface area contributed by atoms with Gasteiger partial charge in [0, 0.05) is 57.6 Å². The number of ether oxygens (including phenoxy) is 2. The van der Waals surface area contributed by atoms with Crippen molar-refractivity contribution in [3.05, 3.63) is 18.6 Å². The molecule has 22 heavy (non-hydrogen) atoms. The molecule has 6 heteroatoms. The molecule has 0 unspecified atom stereocenters. The van der Waals surface area contributed by atoms with Crippen LogP contribution in [-0.4, -0.2) is 74.5 Å². The topological polar surface area (TPSA) is 50.7 Å². The average Bonchev–Trinajstić information content (AvgIpc) is 2.77. The summed E-state index contributed by atoms with van der Waals surface area (Å²) in [5.74, 6) is 0.989. The van der Waals surface area contributed by atoms with Gasteiger partial charge in [0.15, 0.2) is 0 Å². The van der Waals surface area contributed by atoms with Gasteiger partial charge in [0.25, 0.3) is 0 Å². The molecular weight excluding hydrogens is 280 g/mol. The molecule has 2 saturated heterocycles. The average molecular weight is 306 g/mol. The molecule has 6 nitrogen and oxygen atoms in total. The molecule has 3 rings (SSSR count). The van der Waals surface area contributed by atoms with Gasteiger partial charge in [0.05, 0.1) is 26.0 Å². The van der Waals surface area contributed by atoms with E-state index >= 15 is 0 Å². The van der Waals surface area contributed by atoms with Crippen LogP contribution in [-0.2, 0) is 9.47 Å². The van der Waals surface area contributed by atoms with E-state index in [2.05, 4.69) is 19.8 Å². The summed E-state index contributed by atoms with van der Waals surface area (Å²) in [5.41, 5.74) is 0.281. The van der Waals surface area contributed by atoms with Crippen LogP contribution in [0.25, 0.3) is 0 Å². The molecule has 0 bridgehead atoms. The summed E-state index contributed by atoms with van der Waals surface area (Å²) < 4.78 is 11.1. The Morgan fingerprint density at radius 2 is 2.14 bits per heavy atom. The van der Waals surface area contributed by atoms with Gasteiger partial charge < -0.3 is 14.4 Å². The Bertz CT molecular complexity index is 449. The van der Waals surface area contributed by atoms with Crippen LogP contribution in [0.1, 0.15) is 12.8 Å². The molecule has 1 spiro atoms. The van der Waals surface area contributed by atoms with Crippen LogP contribution in [0.5, 0.6) is 0 Å². The van der Waals surface area contributed by atoms with Gasteiger partial charge in [-0.25, -0.2) is 4.98 Å². The molecule has 122 valence electrons. The molecule has 1 aromatic rings. The molecule has 2 fully saturated rings.